The van der Waals surface area contributed by atoms with Gasteiger partial charge in [-0.15, -0.1) is 0 Å². The van der Waals surface area contributed by atoms with Crippen LogP contribution in [0, 0.1) is 6.92 Å². The number of benzene rings is 2. The molecule has 8 heteroatoms. The third-order valence-electron chi connectivity index (χ3n) is 5.18. The number of ether oxygens (including phenoxy) is 3. The number of aromatic carboxylic acids is 1. The van der Waals surface area contributed by atoms with Crippen LogP contribution in [0.1, 0.15) is 28.4 Å². The van der Waals surface area contributed by atoms with E-state index in [2.05, 4.69) is 22.2 Å². The first-order valence-corrected chi connectivity index (χ1v) is 10.5. The molecule has 0 atom stereocenters. The van der Waals surface area contributed by atoms with Gasteiger partial charge < -0.3 is 24.6 Å². The summed E-state index contributed by atoms with van der Waals surface area (Å²) in [6.07, 6.45) is 2.28. The van der Waals surface area contributed by atoms with Crippen molar-refractivity contribution in [3.63, 3.8) is 0 Å². The molecule has 0 saturated heterocycles. The van der Waals surface area contributed by atoms with E-state index >= 15 is 0 Å². The summed E-state index contributed by atoms with van der Waals surface area (Å²) in [6.45, 7) is 6.07. The van der Waals surface area contributed by atoms with E-state index in [1.54, 1.807) is 12.1 Å². The Balaban J connectivity index is 1.46. The quantitative estimate of drug-likeness (QED) is 0.548. The van der Waals surface area contributed by atoms with Gasteiger partial charge in [-0.3, -0.25) is 0 Å². The Hall–Kier alpha value is -3.81. The van der Waals surface area contributed by atoms with Crippen molar-refractivity contribution in [2.45, 2.75) is 20.3 Å². The van der Waals surface area contributed by atoms with Gasteiger partial charge in [0.15, 0.2) is 11.5 Å². The molecule has 2 heterocycles. The first-order valence-electron chi connectivity index (χ1n) is 10.5. The molecule has 0 unspecified atom stereocenters. The molecule has 0 amide bonds. The van der Waals surface area contributed by atoms with Crippen LogP contribution >= 0.6 is 0 Å². The average molecular weight is 435 g/mol. The molecule has 2 aromatic carbocycles. The molecule has 2 N–H and O–H groups in total. The molecule has 166 valence electrons. The fourth-order valence-corrected chi connectivity index (χ4v) is 3.57. The van der Waals surface area contributed by atoms with E-state index in [0.29, 0.717) is 43.6 Å². The lowest BCUT2D eigenvalue weighted by Crippen LogP contribution is -2.16. The molecule has 0 aliphatic carbocycles. The summed E-state index contributed by atoms with van der Waals surface area (Å²) in [5.41, 5.74) is 3.89. The molecule has 8 nitrogen and oxygen atoms in total. The van der Waals surface area contributed by atoms with Gasteiger partial charge >= 0.3 is 5.97 Å². The number of hydrogen-bond acceptors (Lipinski definition) is 7. The van der Waals surface area contributed by atoms with Crippen molar-refractivity contribution in [1.82, 2.24) is 9.97 Å². The predicted octanol–water partition coefficient (Wildman–Crippen LogP) is 3.97. The van der Waals surface area contributed by atoms with Crippen molar-refractivity contribution in [3.05, 3.63) is 59.4 Å². The number of aryl methyl sites for hydroxylation is 1. The minimum absolute atomic E-state index is 0.123. The van der Waals surface area contributed by atoms with E-state index in [4.69, 9.17) is 14.2 Å². The molecule has 1 aliphatic rings. The highest BCUT2D eigenvalue weighted by atomic mass is 16.6. The van der Waals surface area contributed by atoms with Gasteiger partial charge in [0, 0.05) is 18.2 Å². The fourth-order valence-electron chi connectivity index (χ4n) is 3.57. The summed E-state index contributed by atoms with van der Waals surface area (Å²) in [5, 5.41) is 12.7. The molecule has 1 aromatic heterocycles. The molecule has 0 spiro atoms. The number of carbonyl (C=O) groups is 1. The monoisotopic (exact) mass is 435 g/mol. The Kier molecular flexibility index (Phi) is 6.39. The SMILES string of the molecule is CCOc1cc(-c2cc(NCCc3cc4c(cc3C)OCCO4)ncn2)ccc1C(=O)O. The summed E-state index contributed by atoms with van der Waals surface area (Å²) < 4.78 is 16.8. The summed E-state index contributed by atoms with van der Waals surface area (Å²) in [6, 6.07) is 10.8. The van der Waals surface area contributed by atoms with E-state index in [1.807, 2.05) is 25.1 Å². The average Bonchev–Trinajstić information content (AvgIpc) is 2.79. The highest BCUT2D eigenvalue weighted by Gasteiger charge is 2.15. The number of hydrogen-bond donors (Lipinski definition) is 2. The predicted molar refractivity (Wildman–Crippen MR) is 120 cm³/mol. The number of carboxylic acid groups (broad SMARTS) is 1. The van der Waals surface area contributed by atoms with E-state index in [1.165, 1.54) is 18.0 Å². The molecule has 0 radical (unpaired) electrons. The maximum absolute atomic E-state index is 11.4. The molecule has 4 rings (SSSR count). The van der Waals surface area contributed by atoms with E-state index in [-0.39, 0.29) is 5.56 Å². The van der Waals surface area contributed by atoms with Crippen molar-refractivity contribution in [2.75, 3.05) is 31.7 Å². The van der Waals surface area contributed by atoms with Crippen LogP contribution in [0.5, 0.6) is 17.2 Å². The van der Waals surface area contributed by atoms with E-state index in [9.17, 15) is 9.90 Å². The topological polar surface area (TPSA) is 103 Å². The number of nitrogens with zero attached hydrogens (tertiary/aromatic N) is 2. The minimum Gasteiger partial charge on any atom is -0.493 e. The number of nitrogens with one attached hydrogen (secondary N) is 1. The second kappa shape index (κ2) is 9.55. The van der Waals surface area contributed by atoms with Gasteiger partial charge in [-0.1, -0.05) is 6.07 Å². The number of fused-ring (bicyclic) bond motifs is 1. The third kappa shape index (κ3) is 4.74. The van der Waals surface area contributed by atoms with Crippen LogP contribution in [-0.2, 0) is 6.42 Å². The normalized spacial score (nSPS) is 12.3. The lowest BCUT2D eigenvalue weighted by molar-refractivity contribution is 0.0692. The van der Waals surface area contributed by atoms with Gasteiger partial charge in [0.1, 0.15) is 36.7 Å². The Morgan fingerprint density at radius 2 is 1.91 bits per heavy atom. The van der Waals surface area contributed by atoms with E-state index < -0.39 is 5.97 Å². The second-order valence-electron chi connectivity index (χ2n) is 7.34. The van der Waals surface area contributed by atoms with Gasteiger partial charge in [-0.25, -0.2) is 14.8 Å². The summed E-state index contributed by atoms with van der Waals surface area (Å²) in [5.74, 6) is 1.56. The van der Waals surface area contributed by atoms with Crippen LogP contribution in [0.25, 0.3) is 11.3 Å². The minimum atomic E-state index is -1.03. The van der Waals surface area contributed by atoms with Gasteiger partial charge in [0.05, 0.1) is 12.3 Å². The Bertz CT molecular complexity index is 1130. The fraction of sp³-hybridized carbons (Fsp3) is 0.292. The molecular formula is C24H25N3O5. The Morgan fingerprint density at radius 1 is 1.12 bits per heavy atom. The number of anilines is 1. The highest BCUT2D eigenvalue weighted by Crippen LogP contribution is 2.33. The van der Waals surface area contributed by atoms with Crippen LogP contribution in [0.4, 0.5) is 5.82 Å². The standard InChI is InChI=1S/C24H25N3O5/c1-3-30-20-12-17(4-5-18(20)24(28)29)19-13-23(27-14-26-19)25-7-6-16-11-22-21(10-15(16)2)31-8-9-32-22/h4-5,10-14H,3,6-9H2,1-2H3,(H,28,29)(H,25,26,27). The first kappa shape index (κ1) is 21.4. The molecule has 1 aliphatic heterocycles. The lowest BCUT2D eigenvalue weighted by atomic mass is 10.0. The smallest absolute Gasteiger partial charge is 0.339 e. The van der Waals surface area contributed by atoms with Crippen molar-refractivity contribution in [3.8, 4) is 28.5 Å². The largest absolute Gasteiger partial charge is 0.493 e. The van der Waals surface area contributed by atoms with Crippen LogP contribution in [0.15, 0.2) is 42.7 Å². The zero-order chi connectivity index (χ0) is 22.5. The van der Waals surface area contributed by atoms with Crippen molar-refractivity contribution < 1.29 is 24.1 Å². The van der Waals surface area contributed by atoms with Gasteiger partial charge in [0.2, 0.25) is 0 Å². The van der Waals surface area contributed by atoms with Crippen LogP contribution in [-0.4, -0.2) is 47.4 Å². The molecular weight excluding hydrogens is 410 g/mol. The molecule has 0 saturated carbocycles. The number of aromatic nitrogens is 2. The number of rotatable bonds is 8. The first-order chi connectivity index (χ1) is 15.5. The van der Waals surface area contributed by atoms with Crippen molar-refractivity contribution in [1.29, 1.82) is 0 Å². The highest BCUT2D eigenvalue weighted by molar-refractivity contribution is 5.91. The maximum atomic E-state index is 11.4. The second-order valence-corrected chi connectivity index (χ2v) is 7.34. The molecule has 32 heavy (non-hydrogen) atoms. The molecule has 0 bridgehead atoms. The van der Waals surface area contributed by atoms with Crippen molar-refractivity contribution >= 4 is 11.8 Å². The van der Waals surface area contributed by atoms with E-state index in [0.717, 1.165) is 29.0 Å². The summed E-state index contributed by atoms with van der Waals surface area (Å²) in [4.78, 5) is 20.0. The zero-order valence-electron chi connectivity index (χ0n) is 18.1. The van der Waals surface area contributed by atoms with Gasteiger partial charge in [-0.2, -0.15) is 0 Å². The Labute approximate surface area is 186 Å². The molecule has 3 aromatic rings. The third-order valence-corrected chi connectivity index (χ3v) is 5.18. The Morgan fingerprint density at radius 3 is 2.66 bits per heavy atom. The maximum Gasteiger partial charge on any atom is 0.339 e. The molecule has 0 fully saturated rings. The summed E-state index contributed by atoms with van der Waals surface area (Å²) in [7, 11) is 0. The van der Waals surface area contributed by atoms with Gasteiger partial charge in [-0.05, 0) is 55.7 Å². The van der Waals surface area contributed by atoms with Crippen LogP contribution in [0.3, 0.4) is 0 Å². The van der Waals surface area contributed by atoms with Gasteiger partial charge in [0.25, 0.3) is 0 Å². The summed E-state index contributed by atoms with van der Waals surface area (Å²) >= 11 is 0. The lowest BCUT2D eigenvalue weighted by Gasteiger charge is -2.20. The van der Waals surface area contributed by atoms with Crippen molar-refractivity contribution in [2.24, 2.45) is 0 Å². The zero-order valence-corrected chi connectivity index (χ0v) is 18.1. The number of carboxylic acids is 1. The van der Waals surface area contributed by atoms with Crippen LogP contribution < -0.4 is 19.5 Å². The van der Waals surface area contributed by atoms with Crippen LogP contribution in [0.2, 0.25) is 0 Å².